The number of carbonyl (C=O) groups is 2. The maximum atomic E-state index is 12.7. The lowest BCUT2D eigenvalue weighted by molar-refractivity contribution is 0.0475. The van der Waals surface area contributed by atoms with Gasteiger partial charge in [0.05, 0.1) is 21.2 Å². The molecule has 10 heteroatoms. The van der Waals surface area contributed by atoms with Crippen molar-refractivity contribution in [1.82, 2.24) is 4.57 Å². The molecule has 4 N–H and O–H groups in total. The van der Waals surface area contributed by atoms with E-state index in [-0.39, 0.29) is 21.2 Å². The fraction of sp³-hybridized carbons (Fsp3) is 0.143. The van der Waals surface area contributed by atoms with Gasteiger partial charge in [0.25, 0.3) is 0 Å². The number of primary sulfonamides is 1. The number of sulfonamides is 1. The predicted octanol–water partition coefficient (Wildman–Crippen LogP) is 3.02. The van der Waals surface area contributed by atoms with Crippen LogP contribution in [0.25, 0.3) is 5.69 Å². The summed E-state index contributed by atoms with van der Waals surface area (Å²) in [5, 5.41) is 5.35. The number of hydrogen-bond acceptors (Lipinski definition) is 6. The third kappa shape index (κ3) is 4.63. The number of Topliss-reactive ketones (excluding diaryl/α,β-unsaturated/α-hetero) is 1. The molecule has 0 saturated carbocycles. The molecule has 0 bridgehead atoms. The van der Waals surface area contributed by atoms with Gasteiger partial charge in [-0.15, -0.1) is 0 Å². The zero-order valence-electron chi connectivity index (χ0n) is 16.8. The summed E-state index contributed by atoms with van der Waals surface area (Å²) < 4.78 is 29.8. The van der Waals surface area contributed by atoms with Gasteiger partial charge in [0.15, 0.2) is 6.61 Å². The molecule has 31 heavy (non-hydrogen) atoms. The van der Waals surface area contributed by atoms with Crippen molar-refractivity contribution in [3.8, 4) is 5.69 Å². The van der Waals surface area contributed by atoms with Gasteiger partial charge in [-0.2, -0.15) is 0 Å². The molecule has 3 aromatic rings. The van der Waals surface area contributed by atoms with Crippen LogP contribution >= 0.6 is 11.6 Å². The molecule has 2 aromatic carbocycles. The molecule has 0 fully saturated rings. The molecular formula is C21H20ClN3O5S. The van der Waals surface area contributed by atoms with Gasteiger partial charge in [0, 0.05) is 22.6 Å². The highest BCUT2D eigenvalue weighted by Crippen LogP contribution is 2.24. The van der Waals surface area contributed by atoms with Crippen LogP contribution in [0.3, 0.4) is 0 Å². The lowest BCUT2D eigenvalue weighted by Gasteiger charge is -2.11. The molecule has 0 unspecified atom stereocenters. The number of anilines is 1. The van der Waals surface area contributed by atoms with E-state index in [1.165, 1.54) is 18.2 Å². The maximum absolute atomic E-state index is 12.7. The van der Waals surface area contributed by atoms with Gasteiger partial charge in [-0.1, -0.05) is 17.7 Å². The van der Waals surface area contributed by atoms with Gasteiger partial charge in [0.2, 0.25) is 15.8 Å². The fourth-order valence-electron chi connectivity index (χ4n) is 3.23. The Morgan fingerprint density at radius 3 is 2.32 bits per heavy atom. The molecule has 0 saturated heterocycles. The van der Waals surface area contributed by atoms with Gasteiger partial charge in [-0.3, -0.25) is 4.79 Å². The molecular weight excluding hydrogens is 442 g/mol. The zero-order chi connectivity index (χ0) is 22.9. The second-order valence-electron chi connectivity index (χ2n) is 6.86. The van der Waals surface area contributed by atoms with Gasteiger partial charge < -0.3 is 15.0 Å². The van der Waals surface area contributed by atoms with Crippen LogP contribution in [0, 0.1) is 13.8 Å². The lowest BCUT2D eigenvalue weighted by atomic mass is 10.1. The van der Waals surface area contributed by atoms with Crippen molar-refractivity contribution in [2.75, 3.05) is 12.3 Å². The van der Waals surface area contributed by atoms with Gasteiger partial charge in [-0.25, -0.2) is 18.4 Å². The third-order valence-corrected chi connectivity index (χ3v) is 6.02. The number of rotatable bonds is 6. The van der Waals surface area contributed by atoms with Crippen LogP contribution in [0.1, 0.15) is 32.1 Å². The number of nitrogens with zero attached hydrogens (tertiary/aromatic N) is 1. The number of aryl methyl sites for hydroxylation is 1. The summed E-state index contributed by atoms with van der Waals surface area (Å²) in [5.41, 5.74) is 8.35. The minimum atomic E-state index is -3.80. The minimum Gasteiger partial charge on any atom is -0.454 e. The van der Waals surface area contributed by atoms with Crippen molar-refractivity contribution >= 4 is 39.1 Å². The molecule has 0 spiro atoms. The monoisotopic (exact) mass is 461 g/mol. The summed E-state index contributed by atoms with van der Waals surface area (Å²) in [5.74, 6) is -1.14. The SMILES string of the molecule is Cc1cc(C(=O)COC(=O)c2cccc(Cl)c2N)c(C)n1-c1ccc(S(N)(=O)=O)cc1. The normalized spacial score (nSPS) is 11.4. The van der Waals surface area contributed by atoms with Crippen LogP contribution in [0.15, 0.2) is 53.4 Å². The predicted molar refractivity (Wildman–Crippen MR) is 117 cm³/mol. The van der Waals surface area contributed by atoms with E-state index in [0.717, 1.165) is 5.69 Å². The number of ether oxygens (including phenoxy) is 1. The quantitative estimate of drug-likeness (QED) is 0.329. The van der Waals surface area contributed by atoms with Crippen LogP contribution < -0.4 is 10.9 Å². The van der Waals surface area contributed by atoms with Gasteiger partial charge in [0.1, 0.15) is 0 Å². The van der Waals surface area contributed by atoms with E-state index in [2.05, 4.69) is 0 Å². The molecule has 1 heterocycles. The average Bonchev–Trinajstić information content (AvgIpc) is 3.01. The van der Waals surface area contributed by atoms with Crippen LogP contribution in [-0.4, -0.2) is 31.3 Å². The molecule has 0 amide bonds. The van der Waals surface area contributed by atoms with E-state index >= 15 is 0 Å². The molecule has 1 aromatic heterocycles. The molecule has 0 radical (unpaired) electrons. The first-order valence-corrected chi connectivity index (χ1v) is 11.0. The number of nitrogen functional groups attached to an aromatic ring is 1. The number of para-hydroxylation sites is 1. The largest absolute Gasteiger partial charge is 0.454 e. The lowest BCUT2D eigenvalue weighted by Crippen LogP contribution is -2.16. The number of nitrogens with two attached hydrogens (primary N) is 2. The number of ketones is 1. The van der Waals surface area contributed by atoms with Gasteiger partial charge in [-0.05, 0) is 56.3 Å². The Balaban J connectivity index is 1.80. The summed E-state index contributed by atoms with van der Waals surface area (Å²) in [6, 6.07) is 12.2. The fourth-order valence-corrected chi connectivity index (χ4v) is 3.92. The van der Waals surface area contributed by atoms with E-state index in [0.29, 0.717) is 16.9 Å². The smallest absolute Gasteiger partial charge is 0.340 e. The molecule has 0 aliphatic carbocycles. The Bertz CT molecular complexity index is 1280. The summed E-state index contributed by atoms with van der Waals surface area (Å²) in [6.45, 7) is 3.07. The highest BCUT2D eigenvalue weighted by molar-refractivity contribution is 7.89. The molecule has 0 atom stereocenters. The van der Waals surface area contributed by atoms with E-state index in [1.807, 2.05) is 0 Å². The summed E-state index contributed by atoms with van der Waals surface area (Å²) in [7, 11) is -3.80. The van der Waals surface area contributed by atoms with E-state index in [4.69, 9.17) is 27.2 Å². The van der Waals surface area contributed by atoms with Crippen LogP contribution in [0.4, 0.5) is 5.69 Å². The Morgan fingerprint density at radius 1 is 1.06 bits per heavy atom. The Kier molecular flexibility index (Phi) is 6.21. The molecule has 162 valence electrons. The average molecular weight is 462 g/mol. The highest BCUT2D eigenvalue weighted by Gasteiger charge is 2.20. The molecule has 0 aliphatic rings. The number of halogens is 1. The highest BCUT2D eigenvalue weighted by atomic mass is 35.5. The van der Waals surface area contributed by atoms with Crippen LogP contribution in [0.2, 0.25) is 5.02 Å². The van der Waals surface area contributed by atoms with Crippen molar-refractivity contribution in [2.24, 2.45) is 5.14 Å². The zero-order valence-corrected chi connectivity index (χ0v) is 18.3. The first-order chi connectivity index (χ1) is 14.5. The number of carbonyl (C=O) groups excluding carboxylic acids is 2. The van der Waals surface area contributed by atoms with Crippen molar-refractivity contribution in [2.45, 2.75) is 18.7 Å². The summed E-state index contributed by atoms with van der Waals surface area (Å²) in [4.78, 5) is 24.9. The Hall–Kier alpha value is -3.14. The van der Waals surface area contributed by atoms with E-state index in [1.54, 1.807) is 48.7 Å². The van der Waals surface area contributed by atoms with E-state index in [9.17, 15) is 18.0 Å². The first-order valence-electron chi connectivity index (χ1n) is 9.07. The van der Waals surface area contributed by atoms with Crippen molar-refractivity contribution in [3.05, 3.63) is 76.1 Å². The third-order valence-electron chi connectivity index (χ3n) is 4.76. The van der Waals surface area contributed by atoms with Crippen LogP contribution in [0.5, 0.6) is 0 Å². The van der Waals surface area contributed by atoms with Gasteiger partial charge >= 0.3 is 5.97 Å². The summed E-state index contributed by atoms with van der Waals surface area (Å²) in [6.07, 6.45) is 0. The number of aromatic nitrogens is 1. The first kappa shape index (κ1) is 22.5. The summed E-state index contributed by atoms with van der Waals surface area (Å²) >= 11 is 5.91. The van der Waals surface area contributed by atoms with Crippen molar-refractivity contribution in [1.29, 1.82) is 0 Å². The Morgan fingerprint density at radius 2 is 1.71 bits per heavy atom. The molecule has 0 aliphatic heterocycles. The number of esters is 1. The molecule has 8 nitrogen and oxygen atoms in total. The topological polar surface area (TPSA) is 134 Å². The number of hydrogen-bond donors (Lipinski definition) is 2. The second-order valence-corrected chi connectivity index (χ2v) is 8.83. The Labute approximate surface area is 184 Å². The van der Waals surface area contributed by atoms with Crippen molar-refractivity contribution in [3.63, 3.8) is 0 Å². The standard InChI is InChI=1S/C21H20ClN3O5S/c1-12-10-17(13(2)25(12)14-6-8-15(9-7-14)31(24,28)29)19(26)11-30-21(27)16-4-3-5-18(22)20(16)23/h3-10H,11,23H2,1-2H3,(H2,24,28,29). The number of benzene rings is 2. The minimum absolute atomic E-state index is 0.0118. The second kappa shape index (κ2) is 8.54. The van der Waals surface area contributed by atoms with E-state index < -0.39 is 28.4 Å². The maximum Gasteiger partial charge on any atom is 0.340 e. The molecule has 3 rings (SSSR count). The van der Waals surface area contributed by atoms with Crippen LogP contribution in [-0.2, 0) is 14.8 Å². The van der Waals surface area contributed by atoms with Crippen molar-refractivity contribution < 1.29 is 22.7 Å².